The van der Waals surface area contributed by atoms with Crippen LogP contribution in [-0.2, 0) is 65.4 Å². The van der Waals surface area contributed by atoms with E-state index < -0.39 is 97.5 Å². The van der Waals surface area contributed by atoms with Gasteiger partial charge in [0.05, 0.1) is 26.4 Å². The second-order valence-corrected chi connectivity index (χ2v) is 30.6. The van der Waals surface area contributed by atoms with Gasteiger partial charge in [-0.3, -0.25) is 37.3 Å². The minimum atomic E-state index is -4.99. The summed E-state index contributed by atoms with van der Waals surface area (Å²) in [5, 5.41) is 10.6. The summed E-state index contributed by atoms with van der Waals surface area (Å²) in [6.45, 7) is 4.82. The van der Waals surface area contributed by atoms with Crippen molar-refractivity contribution >= 4 is 39.5 Å². The molecule has 0 saturated carbocycles. The van der Waals surface area contributed by atoms with Crippen LogP contribution in [0.25, 0.3) is 0 Å². The number of carbonyl (C=O) groups excluding carboxylic acids is 4. The molecule has 0 bridgehead atoms. The van der Waals surface area contributed by atoms with Gasteiger partial charge in [-0.25, -0.2) is 9.13 Å². The number of phosphoric acid groups is 2. The topological polar surface area (TPSA) is 237 Å². The van der Waals surface area contributed by atoms with Gasteiger partial charge >= 0.3 is 39.5 Å². The third kappa shape index (κ3) is 74.8. The van der Waals surface area contributed by atoms with Crippen molar-refractivity contribution < 1.29 is 80.2 Å². The van der Waals surface area contributed by atoms with Crippen LogP contribution in [0, 0.1) is 0 Å². The van der Waals surface area contributed by atoms with Gasteiger partial charge < -0.3 is 33.8 Å². The van der Waals surface area contributed by atoms with E-state index in [2.05, 4.69) is 88.5 Å². The van der Waals surface area contributed by atoms with Gasteiger partial charge in [0.15, 0.2) is 12.2 Å². The van der Waals surface area contributed by atoms with E-state index in [9.17, 15) is 43.2 Å². The van der Waals surface area contributed by atoms with Gasteiger partial charge in [0.1, 0.15) is 19.3 Å². The molecule has 0 fully saturated rings. The molecule has 19 heteroatoms. The molecule has 2 unspecified atom stereocenters. The molecule has 0 aliphatic rings. The Morgan fingerprint density at radius 2 is 0.490 bits per heavy atom. The van der Waals surface area contributed by atoms with Crippen molar-refractivity contribution in [2.45, 2.75) is 393 Å². The molecule has 0 radical (unpaired) electrons. The smallest absolute Gasteiger partial charge is 0.462 e. The SMILES string of the molecule is CCCCC/C=C\C/C=C\C/C=C\C/C=C\CCCC(=O)O[C@H](COC(=O)CCCCCCCCCCCCCCCCC)COP(=O)(O)OC[C@@H](O)COP(=O)(O)OC[C@@H](COC(=O)CCCCCCCCCCCCCCCCC)OC(=O)CCCCCCC/C=C\C/C=C\CCCCC. The second-order valence-electron chi connectivity index (χ2n) is 27.7. The Morgan fingerprint density at radius 3 is 0.794 bits per heavy atom. The third-order valence-corrected chi connectivity index (χ3v) is 19.6. The molecule has 0 aliphatic carbocycles. The quantitative estimate of drug-likeness (QED) is 0.0169. The van der Waals surface area contributed by atoms with Crippen LogP contribution in [0.1, 0.15) is 374 Å². The number of phosphoric ester groups is 2. The lowest BCUT2D eigenvalue weighted by Crippen LogP contribution is -2.30. The maximum Gasteiger partial charge on any atom is 0.472 e. The minimum Gasteiger partial charge on any atom is -0.462 e. The number of hydrogen-bond acceptors (Lipinski definition) is 15. The summed E-state index contributed by atoms with van der Waals surface area (Å²) in [5.41, 5.74) is 0. The Balaban J connectivity index is 5.39. The molecule has 594 valence electrons. The lowest BCUT2D eigenvalue weighted by atomic mass is 10.0. The average molecular weight is 1480 g/mol. The maximum absolute atomic E-state index is 13.1. The molecule has 0 saturated heterocycles. The number of ether oxygens (including phenoxy) is 4. The fourth-order valence-corrected chi connectivity index (χ4v) is 12.9. The Labute approximate surface area is 622 Å². The Morgan fingerprint density at radius 1 is 0.275 bits per heavy atom. The number of unbranched alkanes of at least 4 members (excludes halogenated alkanes) is 40. The summed E-state index contributed by atoms with van der Waals surface area (Å²) >= 11 is 0. The largest absolute Gasteiger partial charge is 0.472 e. The summed E-state index contributed by atoms with van der Waals surface area (Å²) < 4.78 is 68.6. The minimum absolute atomic E-state index is 0.0232. The molecule has 0 spiro atoms. The number of rotatable bonds is 78. The van der Waals surface area contributed by atoms with Crippen LogP contribution in [0.2, 0.25) is 0 Å². The maximum atomic E-state index is 13.1. The highest BCUT2D eigenvalue weighted by molar-refractivity contribution is 7.47. The number of aliphatic hydroxyl groups is 1. The molecular formula is C83H150O17P2. The fourth-order valence-electron chi connectivity index (χ4n) is 11.4. The van der Waals surface area contributed by atoms with Gasteiger partial charge in [0.25, 0.3) is 0 Å². The molecule has 0 aromatic rings. The molecule has 0 amide bonds. The first kappa shape index (κ1) is 98.5. The van der Waals surface area contributed by atoms with Crippen LogP contribution >= 0.6 is 15.6 Å². The van der Waals surface area contributed by atoms with Gasteiger partial charge in [-0.2, -0.15) is 0 Å². The van der Waals surface area contributed by atoms with Crippen LogP contribution in [0.3, 0.4) is 0 Å². The van der Waals surface area contributed by atoms with Gasteiger partial charge in [-0.1, -0.05) is 325 Å². The lowest BCUT2D eigenvalue weighted by molar-refractivity contribution is -0.161. The molecule has 0 aromatic heterocycles. The highest BCUT2D eigenvalue weighted by Crippen LogP contribution is 2.45. The highest BCUT2D eigenvalue weighted by Gasteiger charge is 2.30. The number of esters is 4. The molecule has 0 aliphatic heterocycles. The molecule has 17 nitrogen and oxygen atoms in total. The summed E-state index contributed by atoms with van der Waals surface area (Å²) in [6.07, 6.45) is 77.3. The number of carbonyl (C=O) groups is 4. The fraction of sp³-hybridized carbons (Fsp3) is 0.807. The van der Waals surface area contributed by atoms with Gasteiger partial charge in [-0.15, -0.1) is 0 Å². The normalized spacial score (nSPS) is 14.2. The zero-order valence-corrected chi connectivity index (χ0v) is 66.8. The summed E-state index contributed by atoms with van der Waals surface area (Å²) in [5.74, 6) is -2.22. The lowest BCUT2D eigenvalue weighted by Gasteiger charge is -2.21. The molecule has 0 heterocycles. The Hall–Kier alpha value is -3.50. The summed E-state index contributed by atoms with van der Waals surface area (Å²) in [4.78, 5) is 73.0. The van der Waals surface area contributed by atoms with Crippen molar-refractivity contribution in [1.29, 1.82) is 0 Å². The Bertz CT molecular complexity index is 2210. The first-order valence-electron chi connectivity index (χ1n) is 41.2. The van der Waals surface area contributed by atoms with Gasteiger partial charge in [0.2, 0.25) is 0 Å². The van der Waals surface area contributed by atoms with Crippen LogP contribution in [0.4, 0.5) is 0 Å². The van der Waals surface area contributed by atoms with Crippen molar-refractivity contribution in [3.05, 3.63) is 72.9 Å². The standard InChI is InChI=1S/C83H150O17P2/c1-5-9-13-17-21-25-29-33-37-38-42-46-50-54-58-62-66-70-83(88)100-79(74-94-81(86)68-64-60-56-52-48-44-40-35-31-27-23-19-15-11-7-3)76-98-102(91,92)96-72-77(84)71-95-101(89,90)97-75-78(99-82(87)69-65-61-57-53-49-45-41-36-32-28-24-20-16-12-8-4)73-93-80(85)67-63-59-55-51-47-43-39-34-30-26-22-18-14-10-6-2/h21,24-25,28,33,36-37,41-42,46,54,58,77-79,84H,5-20,22-23,26-27,29-32,34-35,38-40,43-45,47-53,55-57,59-76H2,1-4H3,(H,89,90)(H,91,92)/b25-21-,28-24-,37-33-,41-36-,46-42-,58-54-/t77-,78+,79+/m0/s1. The molecule has 0 aromatic carbocycles. The zero-order valence-electron chi connectivity index (χ0n) is 65.0. The molecular weight excluding hydrogens is 1330 g/mol. The van der Waals surface area contributed by atoms with Crippen LogP contribution in [-0.4, -0.2) is 96.7 Å². The van der Waals surface area contributed by atoms with E-state index in [0.717, 1.165) is 109 Å². The van der Waals surface area contributed by atoms with Crippen LogP contribution in [0.5, 0.6) is 0 Å². The number of aliphatic hydroxyl groups excluding tert-OH is 1. The van der Waals surface area contributed by atoms with Crippen molar-refractivity contribution in [3.8, 4) is 0 Å². The van der Waals surface area contributed by atoms with Gasteiger partial charge in [0, 0.05) is 25.7 Å². The Kier molecular flexibility index (Phi) is 73.1. The zero-order chi connectivity index (χ0) is 74.6. The summed E-state index contributed by atoms with van der Waals surface area (Å²) in [7, 11) is -9.97. The van der Waals surface area contributed by atoms with E-state index in [-0.39, 0.29) is 25.7 Å². The van der Waals surface area contributed by atoms with Crippen molar-refractivity contribution in [3.63, 3.8) is 0 Å². The highest BCUT2D eigenvalue weighted by atomic mass is 31.2. The predicted molar refractivity (Wildman–Crippen MR) is 418 cm³/mol. The predicted octanol–water partition coefficient (Wildman–Crippen LogP) is 24.0. The molecule has 102 heavy (non-hydrogen) atoms. The van der Waals surface area contributed by atoms with E-state index in [0.29, 0.717) is 32.1 Å². The van der Waals surface area contributed by atoms with E-state index in [1.165, 1.54) is 180 Å². The van der Waals surface area contributed by atoms with E-state index >= 15 is 0 Å². The number of hydrogen-bond donors (Lipinski definition) is 3. The van der Waals surface area contributed by atoms with Crippen molar-refractivity contribution in [2.75, 3.05) is 39.6 Å². The first-order chi connectivity index (χ1) is 49.7. The molecule has 0 rings (SSSR count). The number of allylic oxidation sites excluding steroid dienone is 12. The monoisotopic (exact) mass is 1480 g/mol. The molecule has 3 N–H and O–H groups in total. The van der Waals surface area contributed by atoms with E-state index in [1.807, 2.05) is 12.2 Å². The van der Waals surface area contributed by atoms with E-state index in [4.69, 9.17) is 37.0 Å². The summed E-state index contributed by atoms with van der Waals surface area (Å²) in [6, 6.07) is 0. The average Bonchev–Trinajstić information content (AvgIpc) is 0.917. The van der Waals surface area contributed by atoms with Crippen LogP contribution < -0.4 is 0 Å². The van der Waals surface area contributed by atoms with Gasteiger partial charge in [-0.05, 0) is 96.3 Å². The third-order valence-electron chi connectivity index (χ3n) is 17.7. The van der Waals surface area contributed by atoms with Crippen molar-refractivity contribution in [2.24, 2.45) is 0 Å². The first-order valence-corrected chi connectivity index (χ1v) is 44.2. The van der Waals surface area contributed by atoms with Crippen LogP contribution in [0.15, 0.2) is 72.9 Å². The van der Waals surface area contributed by atoms with Crippen molar-refractivity contribution in [1.82, 2.24) is 0 Å². The molecule has 5 atom stereocenters. The van der Waals surface area contributed by atoms with E-state index in [1.54, 1.807) is 0 Å². The second kappa shape index (κ2) is 75.7.